The Hall–Kier alpha value is -1.79. The summed E-state index contributed by atoms with van der Waals surface area (Å²) in [6, 6.07) is 0.143. The molecule has 0 aromatic rings. The van der Waals surface area contributed by atoms with E-state index >= 15 is 0 Å². The number of carbonyl (C=O) groups excluding carboxylic acids is 3. The second-order valence-corrected chi connectivity index (χ2v) is 8.15. The van der Waals surface area contributed by atoms with Gasteiger partial charge in [0.05, 0.1) is 5.92 Å². The number of carbonyl (C=O) groups is 3. The van der Waals surface area contributed by atoms with Crippen molar-refractivity contribution in [2.45, 2.75) is 51.9 Å². The Kier molecular flexibility index (Phi) is 6.96. The normalized spacial score (nSPS) is 24.2. The van der Waals surface area contributed by atoms with Gasteiger partial charge in [-0.1, -0.05) is 6.92 Å². The molecule has 3 aliphatic rings. The van der Waals surface area contributed by atoms with Gasteiger partial charge in [-0.15, -0.1) is 0 Å². The van der Waals surface area contributed by atoms with E-state index in [-0.39, 0.29) is 29.7 Å². The molecule has 3 rings (SSSR count). The van der Waals surface area contributed by atoms with Crippen LogP contribution in [0.3, 0.4) is 0 Å². The minimum Gasteiger partial charge on any atom is -0.356 e. The number of urea groups is 1. The number of rotatable bonds is 4. The third-order valence-corrected chi connectivity index (χ3v) is 6.14. The van der Waals surface area contributed by atoms with Crippen LogP contribution < -0.4 is 5.32 Å². The van der Waals surface area contributed by atoms with Crippen molar-refractivity contribution in [1.29, 1.82) is 0 Å². The van der Waals surface area contributed by atoms with Crippen LogP contribution in [0.1, 0.15) is 51.9 Å². The van der Waals surface area contributed by atoms with Crippen molar-refractivity contribution in [2.75, 3.05) is 45.8 Å². The molecule has 3 aliphatic heterocycles. The van der Waals surface area contributed by atoms with Crippen LogP contribution in [0.4, 0.5) is 4.79 Å². The zero-order valence-corrected chi connectivity index (χ0v) is 16.6. The molecule has 0 aromatic heterocycles. The highest BCUT2D eigenvalue weighted by Gasteiger charge is 2.35. The molecule has 3 saturated heterocycles. The molecule has 0 aromatic carbocycles. The van der Waals surface area contributed by atoms with Crippen molar-refractivity contribution in [3.8, 4) is 0 Å². The Labute approximate surface area is 162 Å². The minimum atomic E-state index is -0.0777. The summed E-state index contributed by atoms with van der Waals surface area (Å²) in [5, 5.41) is 2.96. The van der Waals surface area contributed by atoms with Gasteiger partial charge in [0, 0.05) is 51.7 Å². The van der Waals surface area contributed by atoms with E-state index in [1.165, 1.54) is 0 Å². The predicted molar refractivity (Wildman–Crippen MR) is 103 cm³/mol. The fourth-order valence-corrected chi connectivity index (χ4v) is 4.47. The Morgan fingerprint density at radius 1 is 0.815 bits per heavy atom. The molecule has 7 nitrogen and oxygen atoms in total. The van der Waals surface area contributed by atoms with E-state index in [1.807, 2.05) is 21.6 Å². The maximum Gasteiger partial charge on any atom is 0.319 e. The predicted octanol–water partition coefficient (Wildman–Crippen LogP) is 1.68. The number of nitrogens with one attached hydrogen (secondary N) is 1. The molecule has 27 heavy (non-hydrogen) atoms. The third-order valence-electron chi connectivity index (χ3n) is 6.14. The van der Waals surface area contributed by atoms with Crippen LogP contribution in [0.15, 0.2) is 0 Å². The van der Waals surface area contributed by atoms with E-state index in [0.29, 0.717) is 26.2 Å². The van der Waals surface area contributed by atoms with Crippen molar-refractivity contribution in [3.05, 3.63) is 0 Å². The van der Waals surface area contributed by atoms with Gasteiger partial charge in [0.1, 0.15) is 0 Å². The van der Waals surface area contributed by atoms with E-state index in [9.17, 15) is 14.4 Å². The van der Waals surface area contributed by atoms with Crippen LogP contribution >= 0.6 is 0 Å². The summed E-state index contributed by atoms with van der Waals surface area (Å²) in [6.45, 7) is 7.11. The van der Waals surface area contributed by atoms with Gasteiger partial charge in [0.15, 0.2) is 0 Å². The molecular formula is C20H34N4O3. The summed E-state index contributed by atoms with van der Waals surface area (Å²) >= 11 is 0. The van der Waals surface area contributed by atoms with Crippen LogP contribution in [0.25, 0.3) is 0 Å². The molecule has 0 spiro atoms. The lowest BCUT2D eigenvalue weighted by atomic mass is 9.92. The summed E-state index contributed by atoms with van der Waals surface area (Å²) in [7, 11) is 0. The minimum absolute atomic E-state index is 0.00918. The van der Waals surface area contributed by atoms with Crippen LogP contribution in [-0.4, -0.2) is 78.4 Å². The molecule has 3 fully saturated rings. The van der Waals surface area contributed by atoms with Gasteiger partial charge in [-0.2, -0.15) is 0 Å². The lowest BCUT2D eigenvalue weighted by Gasteiger charge is -2.38. The summed E-state index contributed by atoms with van der Waals surface area (Å²) < 4.78 is 0. The third kappa shape index (κ3) is 4.93. The van der Waals surface area contributed by atoms with Crippen LogP contribution in [-0.2, 0) is 9.59 Å². The highest BCUT2D eigenvalue weighted by molar-refractivity contribution is 5.82. The van der Waals surface area contributed by atoms with E-state index < -0.39 is 0 Å². The molecule has 4 amide bonds. The molecule has 0 saturated carbocycles. The van der Waals surface area contributed by atoms with Gasteiger partial charge in [-0.25, -0.2) is 4.79 Å². The van der Waals surface area contributed by atoms with Gasteiger partial charge in [0.25, 0.3) is 0 Å². The molecule has 0 aliphatic carbocycles. The molecule has 0 bridgehead atoms. The summed E-state index contributed by atoms with van der Waals surface area (Å²) in [5.74, 6) is 0.174. The molecule has 1 atom stereocenters. The van der Waals surface area contributed by atoms with E-state index in [1.54, 1.807) is 0 Å². The maximum absolute atomic E-state index is 12.9. The van der Waals surface area contributed by atoms with Gasteiger partial charge >= 0.3 is 6.03 Å². The second kappa shape index (κ2) is 9.42. The van der Waals surface area contributed by atoms with Crippen LogP contribution in [0, 0.1) is 11.8 Å². The summed E-state index contributed by atoms with van der Waals surface area (Å²) in [6.07, 6.45) is 6.36. The monoisotopic (exact) mass is 378 g/mol. The average molecular weight is 379 g/mol. The number of hydrogen-bond donors (Lipinski definition) is 1. The van der Waals surface area contributed by atoms with Gasteiger partial charge < -0.3 is 20.0 Å². The highest BCUT2D eigenvalue weighted by Crippen LogP contribution is 2.25. The number of nitrogens with zero attached hydrogens (tertiary/aromatic N) is 3. The zero-order valence-electron chi connectivity index (χ0n) is 16.6. The number of likely N-dealkylation sites (tertiary alicyclic amines) is 3. The smallest absolute Gasteiger partial charge is 0.319 e. The fraction of sp³-hybridized carbons (Fsp3) is 0.850. The Bertz CT molecular complexity index is 539. The van der Waals surface area contributed by atoms with E-state index in [2.05, 4.69) is 5.32 Å². The standard InChI is InChI=1S/C20H34N4O3/c1-2-9-21-18(25)17-6-5-12-24(15-17)19(26)16-7-13-23(14-8-16)20(27)22-10-3-4-11-22/h16-17H,2-15H2,1H3,(H,21,25). The molecule has 1 unspecified atom stereocenters. The number of piperidine rings is 2. The Morgan fingerprint density at radius 2 is 1.44 bits per heavy atom. The lowest BCUT2D eigenvalue weighted by molar-refractivity contribution is -0.140. The maximum atomic E-state index is 12.9. The molecule has 1 N–H and O–H groups in total. The average Bonchev–Trinajstić information content (AvgIpc) is 3.26. The summed E-state index contributed by atoms with van der Waals surface area (Å²) in [4.78, 5) is 43.4. The second-order valence-electron chi connectivity index (χ2n) is 8.15. The molecule has 3 heterocycles. The first-order valence-corrected chi connectivity index (χ1v) is 10.7. The van der Waals surface area contributed by atoms with E-state index in [0.717, 1.165) is 64.6 Å². The molecule has 152 valence electrons. The highest BCUT2D eigenvalue weighted by atomic mass is 16.2. The van der Waals surface area contributed by atoms with Gasteiger partial charge in [-0.05, 0) is 44.9 Å². The van der Waals surface area contributed by atoms with Crippen molar-refractivity contribution >= 4 is 17.8 Å². The SMILES string of the molecule is CCCNC(=O)C1CCCN(C(=O)C2CCN(C(=O)N3CCCC3)CC2)C1. The Balaban J connectivity index is 1.47. The van der Waals surface area contributed by atoms with Gasteiger partial charge in [-0.3, -0.25) is 9.59 Å². The fourth-order valence-electron chi connectivity index (χ4n) is 4.47. The first-order valence-electron chi connectivity index (χ1n) is 10.7. The largest absolute Gasteiger partial charge is 0.356 e. The molecule has 0 radical (unpaired) electrons. The van der Waals surface area contributed by atoms with Crippen molar-refractivity contribution in [1.82, 2.24) is 20.0 Å². The number of amides is 4. The first-order chi connectivity index (χ1) is 13.1. The van der Waals surface area contributed by atoms with Crippen molar-refractivity contribution in [3.63, 3.8) is 0 Å². The molecule has 7 heteroatoms. The molecular weight excluding hydrogens is 344 g/mol. The quantitative estimate of drug-likeness (QED) is 0.809. The van der Waals surface area contributed by atoms with Crippen LogP contribution in [0.5, 0.6) is 0 Å². The topological polar surface area (TPSA) is 73.0 Å². The zero-order chi connectivity index (χ0) is 19.2. The van der Waals surface area contributed by atoms with Crippen molar-refractivity contribution in [2.24, 2.45) is 11.8 Å². The first kappa shape index (κ1) is 20.0. The Morgan fingerprint density at radius 3 is 2.11 bits per heavy atom. The lowest BCUT2D eigenvalue weighted by Crippen LogP contribution is -2.51. The van der Waals surface area contributed by atoms with E-state index in [4.69, 9.17) is 0 Å². The number of hydrogen-bond acceptors (Lipinski definition) is 3. The summed E-state index contributed by atoms with van der Waals surface area (Å²) in [5.41, 5.74) is 0. The van der Waals surface area contributed by atoms with Crippen LogP contribution in [0.2, 0.25) is 0 Å². The van der Waals surface area contributed by atoms with Crippen molar-refractivity contribution < 1.29 is 14.4 Å². The van der Waals surface area contributed by atoms with Gasteiger partial charge in [0.2, 0.25) is 11.8 Å².